The van der Waals surface area contributed by atoms with Crippen LogP contribution >= 0.6 is 11.8 Å². The van der Waals surface area contributed by atoms with Crippen molar-refractivity contribution in [3.05, 3.63) is 23.9 Å². The molecule has 0 spiro atoms. The van der Waals surface area contributed by atoms with Gasteiger partial charge in [0.1, 0.15) is 5.82 Å². The quantitative estimate of drug-likeness (QED) is 0.846. The van der Waals surface area contributed by atoms with E-state index in [1.165, 1.54) is 12.2 Å². The number of pyridine rings is 1. The van der Waals surface area contributed by atoms with Crippen LogP contribution in [-0.2, 0) is 0 Å². The summed E-state index contributed by atoms with van der Waals surface area (Å²) in [5, 5.41) is 0. The molecule has 1 unspecified atom stereocenters. The molecule has 3 nitrogen and oxygen atoms in total. The van der Waals surface area contributed by atoms with Crippen molar-refractivity contribution in [1.82, 2.24) is 4.98 Å². The number of anilines is 1. The van der Waals surface area contributed by atoms with Crippen LogP contribution in [0.15, 0.2) is 18.3 Å². The van der Waals surface area contributed by atoms with Gasteiger partial charge in [-0.3, -0.25) is 0 Å². The number of thioether (sulfide) groups is 1. The van der Waals surface area contributed by atoms with E-state index in [-0.39, 0.29) is 6.04 Å². The molecular weight excluding hydrogens is 230 g/mol. The van der Waals surface area contributed by atoms with Crippen molar-refractivity contribution in [3.63, 3.8) is 0 Å². The Morgan fingerprint density at radius 2 is 2.18 bits per heavy atom. The largest absolute Gasteiger partial charge is 0.357 e. The van der Waals surface area contributed by atoms with Crippen LogP contribution in [-0.4, -0.2) is 30.1 Å². The van der Waals surface area contributed by atoms with Crippen LogP contribution in [0.5, 0.6) is 0 Å². The molecule has 0 aliphatic carbocycles. The highest BCUT2D eigenvalue weighted by Crippen LogP contribution is 2.18. The molecule has 17 heavy (non-hydrogen) atoms. The molecule has 0 saturated heterocycles. The fourth-order valence-electron chi connectivity index (χ4n) is 1.62. The van der Waals surface area contributed by atoms with Crippen LogP contribution in [0.3, 0.4) is 0 Å². The fraction of sp³-hybridized carbons (Fsp3) is 0.615. The molecule has 0 fully saturated rings. The summed E-state index contributed by atoms with van der Waals surface area (Å²) in [7, 11) is 2.10. The molecular formula is C13H23N3S. The van der Waals surface area contributed by atoms with Crippen LogP contribution in [0.25, 0.3) is 0 Å². The van der Waals surface area contributed by atoms with Crippen molar-refractivity contribution in [2.75, 3.05) is 24.0 Å². The summed E-state index contributed by atoms with van der Waals surface area (Å²) in [6, 6.07) is 4.62. The van der Waals surface area contributed by atoms with Gasteiger partial charge < -0.3 is 10.6 Å². The Morgan fingerprint density at radius 1 is 1.47 bits per heavy atom. The zero-order valence-corrected chi connectivity index (χ0v) is 12.0. The number of hydrogen-bond donors (Lipinski definition) is 1. The van der Waals surface area contributed by atoms with Gasteiger partial charge in [0.2, 0.25) is 0 Å². The highest BCUT2D eigenvalue weighted by molar-refractivity contribution is 7.98. The molecule has 0 aromatic carbocycles. The average molecular weight is 253 g/mol. The molecule has 0 amide bonds. The maximum atomic E-state index is 5.89. The predicted molar refractivity (Wildman–Crippen MR) is 77.7 cm³/mol. The van der Waals surface area contributed by atoms with Crippen molar-refractivity contribution >= 4 is 17.6 Å². The zero-order valence-electron chi connectivity index (χ0n) is 11.2. The fourth-order valence-corrected chi connectivity index (χ4v) is 2.19. The smallest absolute Gasteiger partial charge is 0.128 e. The lowest BCUT2D eigenvalue weighted by Crippen LogP contribution is -2.30. The minimum absolute atomic E-state index is 0.0617. The van der Waals surface area contributed by atoms with Gasteiger partial charge in [0.25, 0.3) is 0 Å². The normalized spacial score (nSPS) is 14.4. The van der Waals surface area contributed by atoms with Crippen LogP contribution in [0.4, 0.5) is 5.82 Å². The van der Waals surface area contributed by atoms with Crippen molar-refractivity contribution in [3.8, 4) is 0 Å². The summed E-state index contributed by atoms with van der Waals surface area (Å²) in [5.41, 5.74) is 7.03. The number of hydrogen-bond acceptors (Lipinski definition) is 4. The van der Waals surface area contributed by atoms with Gasteiger partial charge in [-0.05, 0) is 50.0 Å². The minimum Gasteiger partial charge on any atom is -0.357 e. The second-order valence-electron chi connectivity index (χ2n) is 4.48. The lowest BCUT2D eigenvalue weighted by atomic mass is 10.1. The predicted octanol–water partition coefficient (Wildman–Crippen LogP) is 2.68. The van der Waals surface area contributed by atoms with E-state index in [9.17, 15) is 0 Å². The van der Waals surface area contributed by atoms with Gasteiger partial charge in [0, 0.05) is 25.3 Å². The molecule has 4 heteroatoms. The Kier molecular flexibility index (Phi) is 5.78. The molecule has 0 aliphatic rings. The molecule has 2 N–H and O–H groups in total. The molecule has 1 heterocycles. The summed E-state index contributed by atoms with van der Waals surface area (Å²) in [6.07, 6.45) is 5.15. The third-order valence-corrected chi connectivity index (χ3v) is 3.70. The molecule has 1 aromatic heterocycles. The van der Waals surface area contributed by atoms with Crippen molar-refractivity contribution in [2.24, 2.45) is 5.73 Å². The minimum atomic E-state index is 0.0617. The molecule has 96 valence electrons. The molecule has 2 atom stereocenters. The first-order valence-corrected chi connectivity index (χ1v) is 7.39. The highest BCUT2D eigenvalue weighted by Gasteiger charge is 2.11. The second kappa shape index (κ2) is 6.87. The van der Waals surface area contributed by atoms with Gasteiger partial charge in [0.05, 0.1) is 0 Å². The van der Waals surface area contributed by atoms with Gasteiger partial charge in [-0.25, -0.2) is 4.98 Å². The Hall–Kier alpha value is -0.740. The third-order valence-electron chi connectivity index (χ3n) is 3.06. The Balaban J connectivity index is 2.74. The highest BCUT2D eigenvalue weighted by atomic mass is 32.2. The van der Waals surface area contributed by atoms with Gasteiger partial charge in [0.15, 0.2) is 0 Å². The number of nitrogens with two attached hydrogens (primary N) is 1. The maximum Gasteiger partial charge on any atom is 0.128 e. The molecule has 1 rings (SSSR count). The van der Waals surface area contributed by atoms with E-state index in [0.29, 0.717) is 6.04 Å². The van der Waals surface area contributed by atoms with E-state index in [4.69, 9.17) is 5.73 Å². The summed E-state index contributed by atoms with van der Waals surface area (Å²) in [5.74, 6) is 2.19. The zero-order chi connectivity index (χ0) is 12.8. The first-order chi connectivity index (χ1) is 8.06. The Morgan fingerprint density at radius 3 is 2.76 bits per heavy atom. The topological polar surface area (TPSA) is 42.1 Å². The lowest BCUT2D eigenvalue weighted by molar-refractivity contribution is 0.661. The molecule has 1 aromatic rings. The van der Waals surface area contributed by atoms with E-state index in [1.54, 1.807) is 0 Å². The van der Waals surface area contributed by atoms with Crippen LogP contribution in [0, 0.1) is 0 Å². The van der Waals surface area contributed by atoms with Crippen molar-refractivity contribution in [2.45, 2.75) is 32.4 Å². The van der Waals surface area contributed by atoms with E-state index < -0.39 is 0 Å². The van der Waals surface area contributed by atoms with Gasteiger partial charge in [-0.2, -0.15) is 11.8 Å². The van der Waals surface area contributed by atoms with Gasteiger partial charge in [-0.1, -0.05) is 0 Å². The summed E-state index contributed by atoms with van der Waals surface area (Å²) < 4.78 is 0. The monoisotopic (exact) mass is 253 g/mol. The number of nitrogens with zero attached hydrogens (tertiary/aromatic N) is 2. The third kappa shape index (κ3) is 4.21. The van der Waals surface area contributed by atoms with E-state index in [1.807, 2.05) is 30.9 Å². The average Bonchev–Trinajstić information content (AvgIpc) is 2.35. The molecule has 0 bridgehead atoms. The van der Waals surface area contributed by atoms with Crippen molar-refractivity contribution in [1.29, 1.82) is 0 Å². The lowest BCUT2D eigenvalue weighted by Gasteiger charge is -2.26. The van der Waals surface area contributed by atoms with Crippen LogP contribution < -0.4 is 10.6 Å². The van der Waals surface area contributed by atoms with E-state index >= 15 is 0 Å². The molecule has 0 aliphatic heterocycles. The van der Waals surface area contributed by atoms with Crippen LogP contribution in [0.1, 0.15) is 31.9 Å². The molecule has 0 radical (unpaired) electrons. The maximum absolute atomic E-state index is 5.89. The van der Waals surface area contributed by atoms with Gasteiger partial charge >= 0.3 is 0 Å². The van der Waals surface area contributed by atoms with Crippen molar-refractivity contribution < 1.29 is 0 Å². The van der Waals surface area contributed by atoms with Gasteiger partial charge in [-0.15, -0.1) is 0 Å². The Labute approximate surface area is 109 Å². The Bertz CT molecular complexity index is 341. The summed E-state index contributed by atoms with van der Waals surface area (Å²) >= 11 is 1.88. The molecule has 0 saturated carbocycles. The summed E-state index contributed by atoms with van der Waals surface area (Å²) in [6.45, 7) is 4.23. The van der Waals surface area contributed by atoms with E-state index in [2.05, 4.69) is 36.2 Å². The standard InChI is InChI=1S/C13H23N3S/c1-10(6-8-17-4)16(3)13-9-12(11(2)14)5-7-15-13/h5,7,9-11H,6,8,14H2,1-4H3/t10?,11-/m0/s1. The second-order valence-corrected chi connectivity index (χ2v) is 5.46. The number of aromatic nitrogens is 1. The van der Waals surface area contributed by atoms with Crippen LogP contribution in [0.2, 0.25) is 0 Å². The number of rotatable bonds is 6. The van der Waals surface area contributed by atoms with E-state index in [0.717, 1.165) is 11.4 Å². The SMILES string of the molecule is CSCCC(C)N(C)c1cc([C@H](C)N)ccn1. The summed E-state index contributed by atoms with van der Waals surface area (Å²) in [4.78, 5) is 6.64. The first kappa shape index (κ1) is 14.3. The first-order valence-electron chi connectivity index (χ1n) is 5.99.